The Morgan fingerprint density at radius 3 is 2.65 bits per heavy atom. The number of carbonyl (C=O) groups is 1. The van der Waals surface area contributed by atoms with Crippen LogP contribution in [0.3, 0.4) is 0 Å². The number of nitrogens with zero attached hydrogens (tertiary/aromatic N) is 5. The highest BCUT2D eigenvalue weighted by molar-refractivity contribution is 6.10. The molecule has 116 valence electrons. The molecule has 0 saturated heterocycles. The molecular formula is C17H17N5O. The minimum atomic E-state index is -0.120. The van der Waals surface area contributed by atoms with Crippen molar-refractivity contribution in [3.05, 3.63) is 72.1 Å². The van der Waals surface area contributed by atoms with Gasteiger partial charge in [-0.2, -0.15) is 0 Å². The Morgan fingerprint density at radius 2 is 1.91 bits per heavy atom. The molecular weight excluding hydrogens is 290 g/mol. The first-order valence-electron chi connectivity index (χ1n) is 7.25. The van der Waals surface area contributed by atoms with E-state index in [0.29, 0.717) is 17.8 Å². The summed E-state index contributed by atoms with van der Waals surface area (Å²) >= 11 is 0. The molecule has 23 heavy (non-hydrogen) atoms. The van der Waals surface area contributed by atoms with E-state index in [1.807, 2.05) is 41.8 Å². The van der Waals surface area contributed by atoms with Gasteiger partial charge in [0.05, 0.1) is 12.2 Å². The summed E-state index contributed by atoms with van der Waals surface area (Å²) in [5.41, 5.74) is 1.75. The van der Waals surface area contributed by atoms with E-state index in [1.54, 1.807) is 36.8 Å². The molecule has 0 saturated carbocycles. The molecule has 0 bridgehead atoms. The van der Waals surface area contributed by atoms with Gasteiger partial charge in [0.25, 0.3) is 0 Å². The van der Waals surface area contributed by atoms with E-state index in [1.165, 1.54) is 0 Å². The molecule has 0 spiro atoms. The number of ketones is 1. The van der Waals surface area contributed by atoms with Crippen LogP contribution < -0.4 is 0 Å². The monoisotopic (exact) mass is 307 g/mol. The summed E-state index contributed by atoms with van der Waals surface area (Å²) in [6.45, 7) is 0.631. The van der Waals surface area contributed by atoms with Gasteiger partial charge >= 0.3 is 0 Å². The molecule has 0 aliphatic rings. The molecule has 3 rings (SSSR count). The summed E-state index contributed by atoms with van der Waals surface area (Å²) < 4.78 is 1.84. The lowest BCUT2D eigenvalue weighted by atomic mass is 10.1. The number of carbonyl (C=O) groups excluding carboxylic acids is 1. The number of hydrogen-bond acceptors (Lipinski definition) is 5. The zero-order valence-corrected chi connectivity index (χ0v) is 13.0. The van der Waals surface area contributed by atoms with E-state index in [2.05, 4.69) is 15.2 Å². The van der Waals surface area contributed by atoms with E-state index in [0.717, 1.165) is 11.5 Å². The Morgan fingerprint density at radius 1 is 1.13 bits per heavy atom. The SMILES string of the molecule is CN(C)Cc1nncn1-c1ccccc1C(=O)c1ccccn1. The second kappa shape index (κ2) is 6.50. The summed E-state index contributed by atoms with van der Waals surface area (Å²) in [6.07, 6.45) is 3.25. The van der Waals surface area contributed by atoms with Gasteiger partial charge in [0.1, 0.15) is 12.0 Å². The summed E-state index contributed by atoms with van der Waals surface area (Å²) in [6, 6.07) is 12.7. The van der Waals surface area contributed by atoms with Crippen LogP contribution in [0.25, 0.3) is 5.69 Å². The lowest BCUT2D eigenvalue weighted by molar-refractivity contribution is 0.103. The van der Waals surface area contributed by atoms with Crippen molar-refractivity contribution in [2.75, 3.05) is 14.1 Å². The Balaban J connectivity index is 2.06. The van der Waals surface area contributed by atoms with Gasteiger partial charge in [-0.3, -0.25) is 14.3 Å². The third-order valence-corrected chi connectivity index (χ3v) is 3.38. The van der Waals surface area contributed by atoms with Crippen molar-refractivity contribution in [1.29, 1.82) is 0 Å². The smallest absolute Gasteiger partial charge is 0.213 e. The maximum Gasteiger partial charge on any atom is 0.213 e. The Hall–Kier alpha value is -2.86. The predicted molar refractivity (Wildman–Crippen MR) is 86.4 cm³/mol. The largest absolute Gasteiger partial charge is 0.302 e. The van der Waals surface area contributed by atoms with Gasteiger partial charge in [-0.25, -0.2) is 0 Å². The van der Waals surface area contributed by atoms with Gasteiger partial charge in [0.2, 0.25) is 5.78 Å². The van der Waals surface area contributed by atoms with Crippen molar-refractivity contribution in [3.8, 4) is 5.69 Å². The van der Waals surface area contributed by atoms with Crippen molar-refractivity contribution in [2.24, 2.45) is 0 Å². The van der Waals surface area contributed by atoms with E-state index in [-0.39, 0.29) is 5.78 Å². The average molecular weight is 307 g/mol. The van der Waals surface area contributed by atoms with E-state index < -0.39 is 0 Å². The minimum absolute atomic E-state index is 0.120. The van der Waals surface area contributed by atoms with Gasteiger partial charge in [-0.1, -0.05) is 18.2 Å². The molecule has 6 heteroatoms. The summed E-state index contributed by atoms with van der Waals surface area (Å²) in [5.74, 6) is 0.655. The van der Waals surface area contributed by atoms with Crippen LogP contribution in [0.2, 0.25) is 0 Å². The van der Waals surface area contributed by atoms with Crippen LogP contribution in [-0.4, -0.2) is 44.5 Å². The van der Waals surface area contributed by atoms with E-state index in [4.69, 9.17) is 0 Å². The van der Waals surface area contributed by atoms with E-state index in [9.17, 15) is 4.79 Å². The molecule has 0 radical (unpaired) electrons. The summed E-state index contributed by atoms with van der Waals surface area (Å²) in [5, 5.41) is 8.13. The number of rotatable bonds is 5. The molecule has 0 fully saturated rings. The standard InChI is InChI=1S/C17H17N5O/c1-21(2)11-16-20-19-12-22(16)15-9-4-3-7-13(15)17(23)14-8-5-6-10-18-14/h3-10,12H,11H2,1-2H3. The van der Waals surface area contributed by atoms with Crippen molar-refractivity contribution in [1.82, 2.24) is 24.6 Å². The molecule has 0 atom stereocenters. The van der Waals surface area contributed by atoms with Gasteiger partial charge in [-0.05, 0) is 38.4 Å². The van der Waals surface area contributed by atoms with E-state index >= 15 is 0 Å². The highest BCUT2D eigenvalue weighted by atomic mass is 16.1. The lowest BCUT2D eigenvalue weighted by Crippen LogP contribution is -2.16. The number of pyridine rings is 1. The highest BCUT2D eigenvalue weighted by Gasteiger charge is 2.17. The van der Waals surface area contributed by atoms with Crippen molar-refractivity contribution in [2.45, 2.75) is 6.54 Å². The fourth-order valence-corrected chi connectivity index (χ4v) is 2.36. The molecule has 1 aromatic carbocycles. The van der Waals surface area contributed by atoms with Crippen molar-refractivity contribution < 1.29 is 4.79 Å². The molecule has 0 amide bonds. The van der Waals surface area contributed by atoms with Crippen molar-refractivity contribution in [3.63, 3.8) is 0 Å². The Kier molecular flexibility index (Phi) is 4.25. The second-order valence-corrected chi connectivity index (χ2v) is 5.42. The fraction of sp³-hybridized carbons (Fsp3) is 0.176. The summed E-state index contributed by atoms with van der Waals surface area (Å²) in [7, 11) is 3.92. The topological polar surface area (TPSA) is 63.9 Å². The fourth-order valence-electron chi connectivity index (χ4n) is 2.36. The number of benzene rings is 1. The van der Waals surface area contributed by atoms with Gasteiger partial charge in [0.15, 0.2) is 5.82 Å². The van der Waals surface area contributed by atoms with Crippen LogP contribution in [0.1, 0.15) is 21.9 Å². The van der Waals surface area contributed by atoms with Crippen LogP contribution in [-0.2, 0) is 6.54 Å². The van der Waals surface area contributed by atoms with Crippen LogP contribution in [0.4, 0.5) is 0 Å². The first-order chi connectivity index (χ1) is 11.2. The number of aromatic nitrogens is 4. The first kappa shape index (κ1) is 15.1. The summed E-state index contributed by atoms with van der Waals surface area (Å²) in [4.78, 5) is 18.9. The quantitative estimate of drug-likeness (QED) is 0.674. The normalized spacial score (nSPS) is 10.9. The van der Waals surface area contributed by atoms with Crippen LogP contribution in [0.5, 0.6) is 0 Å². The molecule has 0 aliphatic carbocycles. The Labute approximate surface area is 134 Å². The zero-order chi connectivity index (χ0) is 16.2. The molecule has 2 aromatic heterocycles. The Bertz CT molecular complexity index is 811. The maximum atomic E-state index is 12.8. The average Bonchev–Trinajstić information content (AvgIpc) is 3.02. The maximum absolute atomic E-state index is 12.8. The highest BCUT2D eigenvalue weighted by Crippen LogP contribution is 2.19. The third-order valence-electron chi connectivity index (χ3n) is 3.38. The zero-order valence-electron chi connectivity index (χ0n) is 13.0. The van der Waals surface area contributed by atoms with Crippen LogP contribution >= 0.6 is 0 Å². The number of hydrogen-bond donors (Lipinski definition) is 0. The lowest BCUT2D eigenvalue weighted by Gasteiger charge is -2.13. The predicted octanol–water partition coefficient (Wildman–Crippen LogP) is 1.95. The van der Waals surface area contributed by atoms with Gasteiger partial charge < -0.3 is 4.90 Å². The molecule has 0 N–H and O–H groups in total. The van der Waals surface area contributed by atoms with Crippen LogP contribution in [0, 0.1) is 0 Å². The van der Waals surface area contributed by atoms with Gasteiger partial charge in [0, 0.05) is 11.8 Å². The second-order valence-electron chi connectivity index (χ2n) is 5.42. The van der Waals surface area contributed by atoms with Crippen LogP contribution in [0.15, 0.2) is 55.0 Å². The molecule has 0 aliphatic heterocycles. The molecule has 0 unspecified atom stereocenters. The molecule has 3 aromatic rings. The van der Waals surface area contributed by atoms with Crippen molar-refractivity contribution >= 4 is 5.78 Å². The number of para-hydroxylation sites is 1. The minimum Gasteiger partial charge on any atom is -0.302 e. The third kappa shape index (κ3) is 3.17. The van der Waals surface area contributed by atoms with Gasteiger partial charge in [-0.15, -0.1) is 10.2 Å². The first-order valence-corrected chi connectivity index (χ1v) is 7.25. The molecule has 6 nitrogen and oxygen atoms in total. The molecule has 2 heterocycles.